The largest absolute Gasteiger partial charge is 0.494 e. The standard InChI is InChI=1S/C23H27N5O2/c1-18-5-3-12-27(18)13-4-14-30-22-9-7-21(8-10-22)28-17-20(16-25-28)26-23(29)19-6-2-11-24-15-19/h2,6-11,15-18H,3-5,12-14H2,1H3,(H,26,29)/t18-/m1/s1. The number of aromatic nitrogens is 3. The first-order valence-corrected chi connectivity index (χ1v) is 10.4. The average molecular weight is 406 g/mol. The number of nitrogens with one attached hydrogen (secondary N) is 1. The van der Waals surface area contributed by atoms with Crippen LogP contribution in [0.3, 0.4) is 0 Å². The first-order chi connectivity index (χ1) is 14.7. The molecular formula is C23H27N5O2. The Bertz CT molecular complexity index is 955. The van der Waals surface area contributed by atoms with Crippen LogP contribution in [0.4, 0.5) is 5.69 Å². The molecular weight excluding hydrogens is 378 g/mol. The van der Waals surface area contributed by atoms with Gasteiger partial charge in [0, 0.05) is 25.0 Å². The van der Waals surface area contributed by atoms with E-state index in [0.29, 0.717) is 17.3 Å². The highest BCUT2D eigenvalue weighted by atomic mass is 16.5. The van der Waals surface area contributed by atoms with Crippen LogP contribution in [0.2, 0.25) is 0 Å². The highest BCUT2D eigenvalue weighted by Crippen LogP contribution is 2.19. The van der Waals surface area contributed by atoms with E-state index in [-0.39, 0.29) is 5.91 Å². The number of amides is 1. The van der Waals surface area contributed by atoms with Crippen molar-refractivity contribution in [1.82, 2.24) is 19.7 Å². The van der Waals surface area contributed by atoms with E-state index in [2.05, 4.69) is 27.2 Å². The number of pyridine rings is 1. The quantitative estimate of drug-likeness (QED) is 0.578. The number of anilines is 1. The highest BCUT2D eigenvalue weighted by Gasteiger charge is 2.19. The molecule has 2 aromatic heterocycles. The molecule has 1 atom stereocenters. The van der Waals surface area contributed by atoms with E-state index in [1.165, 1.54) is 25.6 Å². The zero-order valence-electron chi connectivity index (χ0n) is 17.2. The molecule has 1 N–H and O–H groups in total. The molecule has 3 aromatic rings. The minimum atomic E-state index is -0.213. The number of likely N-dealkylation sites (tertiary alicyclic amines) is 1. The van der Waals surface area contributed by atoms with E-state index < -0.39 is 0 Å². The van der Waals surface area contributed by atoms with Gasteiger partial charge < -0.3 is 15.0 Å². The van der Waals surface area contributed by atoms with Gasteiger partial charge in [-0.1, -0.05) is 0 Å². The lowest BCUT2D eigenvalue weighted by molar-refractivity contribution is 0.102. The molecule has 7 heteroatoms. The third kappa shape index (κ3) is 5.04. The van der Waals surface area contributed by atoms with Crippen molar-refractivity contribution in [2.45, 2.75) is 32.2 Å². The summed E-state index contributed by atoms with van der Waals surface area (Å²) in [5, 5.41) is 7.16. The molecule has 3 heterocycles. The SMILES string of the molecule is C[C@@H]1CCCN1CCCOc1ccc(-n2cc(NC(=O)c3cccnc3)cn2)cc1. The van der Waals surface area contributed by atoms with Gasteiger partial charge in [0.15, 0.2) is 0 Å². The summed E-state index contributed by atoms with van der Waals surface area (Å²) in [6.07, 6.45) is 10.2. The zero-order chi connectivity index (χ0) is 20.8. The number of rotatable bonds is 8. The normalized spacial score (nSPS) is 16.5. The molecule has 30 heavy (non-hydrogen) atoms. The number of hydrogen-bond acceptors (Lipinski definition) is 5. The molecule has 0 saturated carbocycles. The van der Waals surface area contributed by atoms with Crippen LogP contribution in [0.15, 0.2) is 61.2 Å². The van der Waals surface area contributed by atoms with Crippen LogP contribution in [0.25, 0.3) is 5.69 Å². The third-order valence-electron chi connectivity index (χ3n) is 5.41. The van der Waals surface area contributed by atoms with Gasteiger partial charge in [-0.25, -0.2) is 4.68 Å². The zero-order valence-corrected chi connectivity index (χ0v) is 17.2. The van der Waals surface area contributed by atoms with Gasteiger partial charge in [0.1, 0.15) is 5.75 Å². The Balaban J connectivity index is 1.27. The van der Waals surface area contributed by atoms with Gasteiger partial charge in [0.05, 0.1) is 35.9 Å². The second kappa shape index (κ2) is 9.54. The Labute approximate surface area is 176 Å². The molecule has 0 unspecified atom stereocenters. The molecule has 4 rings (SSSR count). The van der Waals surface area contributed by atoms with Crippen LogP contribution < -0.4 is 10.1 Å². The second-order valence-corrected chi connectivity index (χ2v) is 7.59. The molecule has 7 nitrogen and oxygen atoms in total. The van der Waals surface area contributed by atoms with E-state index in [1.807, 2.05) is 24.3 Å². The second-order valence-electron chi connectivity index (χ2n) is 7.59. The minimum Gasteiger partial charge on any atom is -0.494 e. The Morgan fingerprint density at radius 2 is 2.10 bits per heavy atom. The lowest BCUT2D eigenvalue weighted by atomic mass is 10.2. The van der Waals surface area contributed by atoms with E-state index in [9.17, 15) is 4.79 Å². The number of hydrogen-bond donors (Lipinski definition) is 1. The van der Waals surface area contributed by atoms with Crippen molar-refractivity contribution in [3.05, 3.63) is 66.7 Å². The maximum absolute atomic E-state index is 12.2. The molecule has 0 bridgehead atoms. The van der Waals surface area contributed by atoms with Gasteiger partial charge in [-0.15, -0.1) is 0 Å². The average Bonchev–Trinajstić information content (AvgIpc) is 3.41. The van der Waals surface area contributed by atoms with E-state index >= 15 is 0 Å². The van der Waals surface area contributed by atoms with Crippen molar-refractivity contribution in [2.24, 2.45) is 0 Å². The molecule has 0 aliphatic carbocycles. The van der Waals surface area contributed by atoms with Crippen LogP contribution in [-0.2, 0) is 0 Å². The van der Waals surface area contributed by atoms with Gasteiger partial charge in [-0.05, 0) is 69.1 Å². The van der Waals surface area contributed by atoms with Crippen LogP contribution >= 0.6 is 0 Å². The summed E-state index contributed by atoms with van der Waals surface area (Å²) in [4.78, 5) is 18.7. The third-order valence-corrected chi connectivity index (χ3v) is 5.41. The summed E-state index contributed by atoms with van der Waals surface area (Å²) in [6.45, 7) is 5.33. The Morgan fingerprint density at radius 3 is 2.83 bits per heavy atom. The van der Waals surface area contributed by atoms with Crippen LogP contribution in [0, 0.1) is 0 Å². The minimum absolute atomic E-state index is 0.213. The first kappa shape index (κ1) is 20.1. The maximum atomic E-state index is 12.2. The van der Waals surface area contributed by atoms with Gasteiger partial charge in [-0.3, -0.25) is 9.78 Å². The highest BCUT2D eigenvalue weighted by molar-refractivity contribution is 6.03. The smallest absolute Gasteiger partial charge is 0.257 e. The van der Waals surface area contributed by atoms with Crippen molar-refractivity contribution in [3.63, 3.8) is 0 Å². The molecule has 1 aromatic carbocycles. The summed E-state index contributed by atoms with van der Waals surface area (Å²) >= 11 is 0. The van der Waals surface area contributed by atoms with Crippen molar-refractivity contribution < 1.29 is 9.53 Å². The molecule has 1 aliphatic heterocycles. The summed E-state index contributed by atoms with van der Waals surface area (Å²) in [5.41, 5.74) is 2.03. The van der Waals surface area contributed by atoms with E-state index in [1.54, 1.807) is 35.4 Å². The number of nitrogens with zero attached hydrogens (tertiary/aromatic N) is 4. The van der Waals surface area contributed by atoms with Gasteiger partial charge >= 0.3 is 0 Å². The predicted octanol–water partition coefficient (Wildman–Crippen LogP) is 3.77. The Morgan fingerprint density at radius 1 is 1.23 bits per heavy atom. The lowest BCUT2D eigenvalue weighted by Gasteiger charge is -2.20. The lowest BCUT2D eigenvalue weighted by Crippen LogP contribution is -2.28. The van der Waals surface area contributed by atoms with E-state index in [0.717, 1.165) is 31.0 Å². The summed E-state index contributed by atoms with van der Waals surface area (Å²) < 4.78 is 7.60. The molecule has 1 saturated heterocycles. The topological polar surface area (TPSA) is 72.3 Å². The summed E-state index contributed by atoms with van der Waals surface area (Å²) in [6, 6.07) is 12.0. The fourth-order valence-corrected chi connectivity index (χ4v) is 3.71. The molecule has 1 fully saturated rings. The Kier molecular flexibility index (Phi) is 6.39. The van der Waals surface area contributed by atoms with Gasteiger partial charge in [0.2, 0.25) is 0 Å². The fraction of sp³-hybridized carbons (Fsp3) is 0.348. The summed E-state index contributed by atoms with van der Waals surface area (Å²) in [7, 11) is 0. The van der Waals surface area contributed by atoms with Gasteiger partial charge in [0.25, 0.3) is 5.91 Å². The van der Waals surface area contributed by atoms with E-state index in [4.69, 9.17) is 4.74 Å². The van der Waals surface area contributed by atoms with Crippen LogP contribution in [-0.4, -0.2) is 51.3 Å². The molecule has 0 radical (unpaired) electrons. The predicted molar refractivity (Wildman–Crippen MR) is 116 cm³/mol. The summed E-state index contributed by atoms with van der Waals surface area (Å²) in [5.74, 6) is 0.639. The molecule has 156 valence electrons. The number of benzene rings is 1. The molecule has 0 spiro atoms. The number of ether oxygens (including phenoxy) is 1. The van der Waals surface area contributed by atoms with Gasteiger partial charge in [-0.2, -0.15) is 5.10 Å². The van der Waals surface area contributed by atoms with Crippen molar-refractivity contribution in [2.75, 3.05) is 25.0 Å². The van der Waals surface area contributed by atoms with Crippen molar-refractivity contribution >= 4 is 11.6 Å². The number of carbonyl (C=O) groups is 1. The fourth-order valence-electron chi connectivity index (χ4n) is 3.71. The van der Waals surface area contributed by atoms with Crippen molar-refractivity contribution in [1.29, 1.82) is 0 Å². The molecule has 1 amide bonds. The van der Waals surface area contributed by atoms with Crippen LogP contribution in [0.1, 0.15) is 36.5 Å². The Hall–Kier alpha value is -3.19. The maximum Gasteiger partial charge on any atom is 0.257 e. The first-order valence-electron chi connectivity index (χ1n) is 10.4. The molecule has 1 aliphatic rings. The monoisotopic (exact) mass is 405 g/mol. The van der Waals surface area contributed by atoms with Crippen LogP contribution in [0.5, 0.6) is 5.75 Å². The van der Waals surface area contributed by atoms with Crippen molar-refractivity contribution in [3.8, 4) is 11.4 Å². The number of carbonyl (C=O) groups excluding carboxylic acids is 1.